The number of carbonyl (C=O) groups is 1. The van der Waals surface area contributed by atoms with E-state index < -0.39 is 9.84 Å². The molecule has 24 heavy (non-hydrogen) atoms. The molecule has 1 aromatic carbocycles. The zero-order valence-electron chi connectivity index (χ0n) is 13.8. The Morgan fingerprint density at radius 2 is 2.00 bits per heavy atom. The first-order valence-electron chi connectivity index (χ1n) is 8.34. The minimum Gasteiger partial charge on any atom is -0.347 e. The number of anilines is 1. The maximum absolute atomic E-state index is 12.1. The smallest absolute Gasteiger partial charge is 0.319 e. The summed E-state index contributed by atoms with van der Waals surface area (Å²) in [5, 5.41) is 6.86. The van der Waals surface area contributed by atoms with Crippen molar-refractivity contribution in [2.24, 2.45) is 0 Å². The van der Waals surface area contributed by atoms with Gasteiger partial charge in [0.1, 0.15) is 9.84 Å². The van der Waals surface area contributed by atoms with Crippen LogP contribution in [-0.4, -0.2) is 36.6 Å². The van der Waals surface area contributed by atoms with Crippen LogP contribution in [0.4, 0.5) is 10.5 Å². The largest absolute Gasteiger partial charge is 0.347 e. The van der Waals surface area contributed by atoms with Gasteiger partial charge in [0, 0.05) is 24.5 Å². The van der Waals surface area contributed by atoms with E-state index in [-0.39, 0.29) is 23.6 Å². The van der Waals surface area contributed by atoms with Gasteiger partial charge in [0.05, 0.1) is 17.0 Å². The van der Waals surface area contributed by atoms with Crippen LogP contribution in [0.2, 0.25) is 0 Å². The van der Waals surface area contributed by atoms with Crippen molar-refractivity contribution in [2.75, 3.05) is 16.8 Å². The van der Waals surface area contributed by atoms with Crippen LogP contribution in [0.3, 0.4) is 0 Å². The van der Waals surface area contributed by atoms with Crippen LogP contribution in [0.15, 0.2) is 30.5 Å². The Bertz CT molecular complexity index is 828. The summed E-state index contributed by atoms with van der Waals surface area (Å²) in [5.74, 6) is 0.295. The minimum atomic E-state index is -2.91. The van der Waals surface area contributed by atoms with E-state index in [1.165, 1.54) is 0 Å². The summed E-state index contributed by atoms with van der Waals surface area (Å²) < 4.78 is 25.0. The number of aromatic nitrogens is 1. The molecule has 7 heteroatoms. The van der Waals surface area contributed by atoms with Gasteiger partial charge in [-0.2, -0.15) is 0 Å². The van der Waals surface area contributed by atoms with E-state index in [0.29, 0.717) is 12.8 Å². The summed E-state index contributed by atoms with van der Waals surface area (Å²) in [4.78, 5) is 12.1. The normalized spacial score (nSPS) is 17.7. The van der Waals surface area contributed by atoms with Crippen LogP contribution >= 0.6 is 0 Å². The Morgan fingerprint density at radius 3 is 2.71 bits per heavy atom. The summed E-state index contributed by atoms with van der Waals surface area (Å²) in [7, 11) is -2.91. The maximum Gasteiger partial charge on any atom is 0.319 e. The highest BCUT2D eigenvalue weighted by molar-refractivity contribution is 7.91. The molecule has 1 fully saturated rings. The van der Waals surface area contributed by atoms with Gasteiger partial charge in [-0.1, -0.05) is 13.0 Å². The lowest BCUT2D eigenvalue weighted by Gasteiger charge is -2.23. The van der Waals surface area contributed by atoms with Gasteiger partial charge in [0.2, 0.25) is 0 Å². The first-order chi connectivity index (χ1) is 11.5. The molecule has 0 bridgehead atoms. The Morgan fingerprint density at radius 1 is 1.25 bits per heavy atom. The predicted octanol–water partition coefficient (Wildman–Crippen LogP) is 2.75. The molecule has 1 aliphatic heterocycles. The number of fused-ring (bicyclic) bond motifs is 1. The third-order valence-corrected chi connectivity index (χ3v) is 6.10. The van der Waals surface area contributed by atoms with Crippen molar-refractivity contribution >= 4 is 32.5 Å². The summed E-state index contributed by atoms with van der Waals surface area (Å²) in [6.45, 7) is 3.07. The molecule has 0 spiro atoms. The van der Waals surface area contributed by atoms with Gasteiger partial charge in [-0.25, -0.2) is 13.2 Å². The van der Waals surface area contributed by atoms with Crippen molar-refractivity contribution in [3.8, 4) is 0 Å². The number of nitrogens with one attached hydrogen (secondary N) is 2. The quantitative estimate of drug-likeness (QED) is 0.891. The Hall–Kier alpha value is -2.02. The Kier molecular flexibility index (Phi) is 4.80. The standard InChI is InChI=1S/C17H23N3O3S/c1-2-8-20-9-5-13-3-4-15(12-16(13)20)19-17(21)18-14-6-10-24(22,23)11-7-14/h3-5,9,12,14H,2,6-8,10-11H2,1H3,(H2,18,19,21). The first-order valence-corrected chi connectivity index (χ1v) is 10.2. The minimum absolute atomic E-state index is 0.0822. The number of nitrogens with zero attached hydrogens (tertiary/aromatic N) is 1. The van der Waals surface area contributed by atoms with Gasteiger partial charge in [-0.3, -0.25) is 0 Å². The van der Waals surface area contributed by atoms with Crippen LogP contribution in [0, 0.1) is 0 Å². The average molecular weight is 349 g/mol. The van der Waals surface area contributed by atoms with E-state index in [2.05, 4.69) is 34.4 Å². The van der Waals surface area contributed by atoms with Crippen molar-refractivity contribution in [3.05, 3.63) is 30.5 Å². The van der Waals surface area contributed by atoms with Gasteiger partial charge in [-0.15, -0.1) is 0 Å². The second-order valence-corrected chi connectivity index (χ2v) is 8.61. The molecular formula is C17H23N3O3S. The van der Waals surface area contributed by atoms with Crippen LogP contribution in [-0.2, 0) is 16.4 Å². The van der Waals surface area contributed by atoms with E-state index in [1.807, 2.05) is 18.2 Å². The lowest BCUT2D eigenvalue weighted by atomic mass is 10.1. The van der Waals surface area contributed by atoms with Crippen molar-refractivity contribution in [3.63, 3.8) is 0 Å². The summed E-state index contributed by atoms with van der Waals surface area (Å²) >= 11 is 0. The topological polar surface area (TPSA) is 80.2 Å². The van der Waals surface area contributed by atoms with Crippen molar-refractivity contribution in [1.82, 2.24) is 9.88 Å². The molecule has 0 unspecified atom stereocenters. The number of sulfone groups is 1. The van der Waals surface area contributed by atoms with Crippen LogP contribution < -0.4 is 10.6 Å². The monoisotopic (exact) mass is 349 g/mol. The lowest BCUT2D eigenvalue weighted by Crippen LogP contribution is -2.42. The molecular weight excluding hydrogens is 326 g/mol. The van der Waals surface area contributed by atoms with Crippen LogP contribution in [0.25, 0.3) is 10.9 Å². The summed E-state index contributed by atoms with van der Waals surface area (Å²) in [6, 6.07) is 7.54. The molecule has 2 aromatic rings. The number of urea groups is 1. The number of carbonyl (C=O) groups excluding carboxylic acids is 1. The van der Waals surface area contributed by atoms with Gasteiger partial charge < -0.3 is 15.2 Å². The number of hydrogen-bond acceptors (Lipinski definition) is 3. The highest BCUT2D eigenvalue weighted by Crippen LogP contribution is 2.21. The number of hydrogen-bond donors (Lipinski definition) is 2. The van der Waals surface area contributed by atoms with Crippen molar-refractivity contribution < 1.29 is 13.2 Å². The molecule has 2 heterocycles. The maximum atomic E-state index is 12.1. The van der Waals surface area contributed by atoms with Crippen molar-refractivity contribution in [2.45, 2.75) is 38.8 Å². The number of benzene rings is 1. The van der Waals surface area contributed by atoms with E-state index >= 15 is 0 Å². The fourth-order valence-electron chi connectivity index (χ4n) is 3.08. The van der Waals surface area contributed by atoms with E-state index in [4.69, 9.17) is 0 Å². The van der Waals surface area contributed by atoms with Gasteiger partial charge in [0.15, 0.2) is 0 Å². The van der Waals surface area contributed by atoms with E-state index in [9.17, 15) is 13.2 Å². The highest BCUT2D eigenvalue weighted by atomic mass is 32.2. The highest BCUT2D eigenvalue weighted by Gasteiger charge is 2.24. The van der Waals surface area contributed by atoms with Gasteiger partial charge >= 0.3 is 6.03 Å². The first kappa shape index (κ1) is 16.8. The molecule has 1 saturated heterocycles. The Labute approximate surface area is 142 Å². The molecule has 0 saturated carbocycles. The average Bonchev–Trinajstić information content (AvgIpc) is 2.92. The third kappa shape index (κ3) is 3.90. The van der Waals surface area contributed by atoms with Crippen molar-refractivity contribution in [1.29, 1.82) is 0 Å². The summed E-state index contributed by atoms with van der Waals surface area (Å²) in [6.07, 6.45) is 4.06. The SMILES string of the molecule is CCCn1ccc2ccc(NC(=O)NC3CCS(=O)(=O)CC3)cc21. The molecule has 0 aliphatic carbocycles. The molecule has 6 nitrogen and oxygen atoms in total. The fraction of sp³-hybridized carbons (Fsp3) is 0.471. The zero-order chi connectivity index (χ0) is 17.2. The molecule has 2 amide bonds. The lowest BCUT2D eigenvalue weighted by molar-refractivity contribution is 0.247. The van der Waals surface area contributed by atoms with E-state index in [0.717, 1.165) is 29.6 Å². The van der Waals surface area contributed by atoms with E-state index in [1.54, 1.807) is 0 Å². The molecule has 0 atom stereocenters. The number of amides is 2. The van der Waals surface area contributed by atoms with Gasteiger partial charge in [-0.05, 0) is 42.8 Å². The Balaban J connectivity index is 1.64. The van der Waals surface area contributed by atoms with Crippen LogP contribution in [0.1, 0.15) is 26.2 Å². The van der Waals surface area contributed by atoms with Crippen LogP contribution in [0.5, 0.6) is 0 Å². The molecule has 2 N–H and O–H groups in total. The number of rotatable bonds is 4. The molecule has 3 rings (SSSR count). The fourth-order valence-corrected chi connectivity index (χ4v) is 4.58. The molecule has 1 aromatic heterocycles. The second kappa shape index (κ2) is 6.84. The zero-order valence-corrected chi connectivity index (χ0v) is 14.6. The second-order valence-electron chi connectivity index (χ2n) is 6.31. The molecule has 130 valence electrons. The number of aryl methyl sites for hydroxylation is 1. The molecule has 0 radical (unpaired) electrons. The molecule has 1 aliphatic rings. The summed E-state index contributed by atoms with van der Waals surface area (Å²) in [5.41, 5.74) is 1.83. The van der Waals surface area contributed by atoms with Gasteiger partial charge in [0.25, 0.3) is 0 Å². The third-order valence-electron chi connectivity index (χ3n) is 4.39. The predicted molar refractivity (Wildman–Crippen MR) is 96.1 cm³/mol.